The number of aliphatic hydroxyl groups is 1. The predicted molar refractivity (Wildman–Crippen MR) is 262 cm³/mol. The zero-order valence-corrected chi connectivity index (χ0v) is 38.0. The number of allylic oxidation sites excluding steroid dienone is 2. The van der Waals surface area contributed by atoms with E-state index in [2.05, 4.69) is 158 Å². The molecule has 0 aliphatic heterocycles. The molecule has 2 aromatic heterocycles. The van der Waals surface area contributed by atoms with Gasteiger partial charge in [-0.25, -0.2) is 0 Å². The van der Waals surface area contributed by atoms with E-state index in [1.54, 1.807) is 0 Å². The molecule has 65 heavy (non-hydrogen) atoms. The standard InChI is InChI=1S/C60H42N2O2.Ir/c1-40(63)34-47(64)33-32-41-18-8-9-23-48(41)44-35-45(49-24-10-12-26-51(49)57-38-61-59(42-19-4-2-5-20-42)55-30-16-14-28-53(55)57)37-46(36-44)50-25-11-13-27-52(50)58-39-62-60(43-21-6-3-7-22-43)56-31-17-15-29-54(56)58;/h2-19,21,23-31,34-39,63H,32-33H2,1H3;/q-2;/b40-34-;. The summed E-state index contributed by atoms with van der Waals surface area (Å²) in [7, 11) is 0. The van der Waals surface area contributed by atoms with Crippen LogP contribution in [0.3, 0.4) is 0 Å². The number of nitrogens with zero attached hydrogens (tertiary/aromatic N) is 2. The zero-order chi connectivity index (χ0) is 43.4. The van der Waals surface area contributed by atoms with Gasteiger partial charge >= 0.3 is 0 Å². The summed E-state index contributed by atoms with van der Waals surface area (Å²) in [6, 6.07) is 72.0. The van der Waals surface area contributed by atoms with Crippen molar-refractivity contribution in [2.75, 3.05) is 0 Å². The SMILES string of the molecule is C/C(O)=C/C(=O)CCc1ccccc1-c1cc(-c2ccccc2-c2cnc(-c3[c-]cccc3)c3ccccc23)cc(-c2ccccc2-c2cnc(-c3[c-]cccc3)c3ccccc23)c1.[Ir]. The van der Waals surface area contributed by atoms with E-state index in [9.17, 15) is 9.90 Å². The number of rotatable bonds is 11. The van der Waals surface area contributed by atoms with E-state index >= 15 is 0 Å². The van der Waals surface area contributed by atoms with Gasteiger partial charge in [-0.1, -0.05) is 121 Å². The third kappa shape index (κ3) is 8.73. The molecule has 315 valence electrons. The summed E-state index contributed by atoms with van der Waals surface area (Å²) in [5.74, 6) is -0.0962. The van der Waals surface area contributed by atoms with Crippen LogP contribution in [0, 0.1) is 12.1 Å². The molecule has 2 heterocycles. The first-order valence-electron chi connectivity index (χ1n) is 21.5. The van der Waals surface area contributed by atoms with E-state index in [4.69, 9.17) is 9.97 Å². The Bertz CT molecular complexity index is 3190. The van der Waals surface area contributed by atoms with E-state index in [0.717, 1.165) is 105 Å². The Balaban J connectivity index is 0.00000533. The molecule has 0 amide bonds. The number of carbonyl (C=O) groups is 1. The first-order valence-corrected chi connectivity index (χ1v) is 21.5. The van der Waals surface area contributed by atoms with E-state index < -0.39 is 0 Å². The fourth-order valence-electron chi connectivity index (χ4n) is 8.94. The van der Waals surface area contributed by atoms with Gasteiger partial charge in [0.25, 0.3) is 0 Å². The van der Waals surface area contributed by atoms with E-state index in [1.165, 1.54) is 13.0 Å². The van der Waals surface area contributed by atoms with Crippen molar-refractivity contribution in [2.45, 2.75) is 19.8 Å². The maximum Gasteiger partial charge on any atom is 0.159 e. The third-order valence-corrected chi connectivity index (χ3v) is 11.8. The fraction of sp³-hybridized carbons (Fsp3) is 0.0500. The van der Waals surface area contributed by atoms with E-state index in [-0.39, 0.29) is 38.1 Å². The maximum absolute atomic E-state index is 12.8. The Hall–Kier alpha value is -7.56. The van der Waals surface area contributed by atoms with Crippen molar-refractivity contribution in [2.24, 2.45) is 0 Å². The Kier molecular flexibility index (Phi) is 12.5. The van der Waals surface area contributed by atoms with Crippen molar-refractivity contribution in [1.82, 2.24) is 9.97 Å². The molecule has 0 fully saturated rings. The number of fused-ring (bicyclic) bond motifs is 2. The molecule has 0 spiro atoms. The molecule has 8 aromatic carbocycles. The number of aromatic nitrogens is 2. The fourth-order valence-corrected chi connectivity index (χ4v) is 8.94. The number of ketones is 1. The number of hydrogen-bond donors (Lipinski definition) is 1. The van der Waals surface area contributed by atoms with Crippen LogP contribution in [0.25, 0.3) is 99.7 Å². The monoisotopic (exact) mass is 1020 g/mol. The van der Waals surface area contributed by atoms with Crippen LogP contribution in [-0.4, -0.2) is 20.9 Å². The van der Waals surface area contributed by atoms with Crippen LogP contribution in [0.2, 0.25) is 0 Å². The van der Waals surface area contributed by atoms with Gasteiger partial charge in [0.1, 0.15) is 0 Å². The van der Waals surface area contributed by atoms with Gasteiger partial charge in [-0.05, 0) is 115 Å². The normalized spacial score (nSPS) is 11.4. The molecule has 0 unspecified atom stereocenters. The molecule has 0 atom stereocenters. The number of benzene rings is 8. The van der Waals surface area contributed by atoms with Crippen LogP contribution in [0.5, 0.6) is 0 Å². The first kappa shape index (κ1) is 42.7. The third-order valence-electron chi connectivity index (χ3n) is 11.8. The molecule has 10 rings (SSSR count). The van der Waals surface area contributed by atoms with Crippen LogP contribution in [0.4, 0.5) is 0 Å². The molecule has 1 N–H and O–H groups in total. The van der Waals surface area contributed by atoms with Gasteiger partial charge in [0.15, 0.2) is 5.78 Å². The minimum absolute atomic E-state index is 0. The minimum atomic E-state index is -0.110. The second-order valence-electron chi connectivity index (χ2n) is 16.0. The molecule has 1 radical (unpaired) electrons. The van der Waals surface area contributed by atoms with Crippen molar-refractivity contribution in [3.63, 3.8) is 0 Å². The van der Waals surface area contributed by atoms with E-state index in [0.29, 0.717) is 6.42 Å². The molecular formula is C60H42IrN2O2-2. The Morgan fingerprint density at radius 2 is 0.892 bits per heavy atom. The number of pyridine rings is 2. The predicted octanol–water partition coefficient (Wildman–Crippen LogP) is 15.0. The van der Waals surface area contributed by atoms with Gasteiger partial charge in [-0.2, -0.15) is 0 Å². The molecule has 0 aliphatic rings. The van der Waals surface area contributed by atoms with Crippen LogP contribution in [0.15, 0.2) is 212 Å². The Morgan fingerprint density at radius 1 is 0.492 bits per heavy atom. The number of carbonyl (C=O) groups excluding carboxylic acids is 1. The van der Waals surface area contributed by atoms with Crippen molar-refractivity contribution >= 4 is 27.3 Å². The second kappa shape index (κ2) is 19.0. The summed E-state index contributed by atoms with van der Waals surface area (Å²) in [5, 5.41) is 14.2. The summed E-state index contributed by atoms with van der Waals surface area (Å²) < 4.78 is 0. The minimum Gasteiger partial charge on any atom is -0.512 e. The topological polar surface area (TPSA) is 63.1 Å². The summed E-state index contributed by atoms with van der Waals surface area (Å²) in [6.07, 6.45) is 6.11. The second-order valence-corrected chi connectivity index (χ2v) is 16.0. The smallest absolute Gasteiger partial charge is 0.159 e. The van der Waals surface area contributed by atoms with Crippen molar-refractivity contribution in [3.8, 4) is 78.1 Å². The van der Waals surface area contributed by atoms with Crippen LogP contribution >= 0.6 is 0 Å². The van der Waals surface area contributed by atoms with Crippen molar-refractivity contribution in [3.05, 3.63) is 230 Å². The number of aryl methyl sites for hydroxylation is 1. The van der Waals surface area contributed by atoms with Gasteiger partial charge in [0, 0.05) is 56.1 Å². The number of hydrogen-bond acceptors (Lipinski definition) is 4. The quantitative estimate of drug-likeness (QED) is 0.0797. The molecule has 0 aliphatic carbocycles. The zero-order valence-electron chi connectivity index (χ0n) is 35.6. The molecule has 0 bridgehead atoms. The van der Waals surface area contributed by atoms with Gasteiger partial charge in [-0.3, -0.25) is 4.79 Å². The maximum atomic E-state index is 12.8. The average Bonchev–Trinajstić information content (AvgIpc) is 3.35. The van der Waals surface area contributed by atoms with E-state index in [1.807, 2.05) is 54.9 Å². The Labute approximate surface area is 393 Å². The molecule has 4 nitrogen and oxygen atoms in total. The summed E-state index contributed by atoms with van der Waals surface area (Å²) in [5.41, 5.74) is 15.3. The average molecular weight is 1020 g/mol. The molecule has 10 aromatic rings. The molecule has 0 saturated heterocycles. The van der Waals surface area contributed by atoms with Crippen LogP contribution in [0.1, 0.15) is 18.9 Å². The molecule has 5 heteroatoms. The van der Waals surface area contributed by atoms with Crippen LogP contribution in [-0.2, 0) is 31.3 Å². The van der Waals surface area contributed by atoms with Gasteiger partial charge in [0.2, 0.25) is 0 Å². The van der Waals surface area contributed by atoms with Gasteiger partial charge in [0.05, 0.1) is 5.76 Å². The first-order chi connectivity index (χ1) is 31.5. The summed E-state index contributed by atoms with van der Waals surface area (Å²) in [4.78, 5) is 23.0. The molecule has 0 saturated carbocycles. The Morgan fingerprint density at radius 3 is 1.35 bits per heavy atom. The van der Waals surface area contributed by atoms with Crippen molar-refractivity contribution < 1.29 is 30.0 Å². The largest absolute Gasteiger partial charge is 0.512 e. The molecular weight excluding hydrogens is 973 g/mol. The summed E-state index contributed by atoms with van der Waals surface area (Å²) >= 11 is 0. The van der Waals surface area contributed by atoms with Gasteiger partial charge in [-0.15, -0.1) is 71.8 Å². The number of aliphatic hydroxyl groups excluding tert-OH is 1. The van der Waals surface area contributed by atoms with Gasteiger partial charge < -0.3 is 15.1 Å². The summed E-state index contributed by atoms with van der Waals surface area (Å²) in [6.45, 7) is 1.53. The van der Waals surface area contributed by atoms with Crippen LogP contribution < -0.4 is 0 Å². The van der Waals surface area contributed by atoms with Crippen molar-refractivity contribution in [1.29, 1.82) is 0 Å².